The Labute approximate surface area is 164 Å². The molecule has 0 bridgehead atoms. The molecule has 0 radical (unpaired) electrons. The summed E-state index contributed by atoms with van der Waals surface area (Å²) in [4.78, 5) is 41.1. The highest BCUT2D eigenvalue weighted by Gasteiger charge is 2.29. The summed E-state index contributed by atoms with van der Waals surface area (Å²) in [7, 11) is 1.51. The maximum atomic E-state index is 12.8. The predicted octanol–water partition coefficient (Wildman–Crippen LogP) is 1.39. The van der Waals surface area contributed by atoms with Crippen LogP contribution in [0.5, 0.6) is 0 Å². The number of allylic oxidation sites excluding steroid dienone is 4. The molecule has 28 heavy (non-hydrogen) atoms. The van der Waals surface area contributed by atoms with Crippen LogP contribution in [-0.2, 0) is 14.4 Å². The first-order chi connectivity index (χ1) is 13.3. The number of nitrogens with zero attached hydrogens (tertiary/aromatic N) is 1. The van der Waals surface area contributed by atoms with Gasteiger partial charge in [0.15, 0.2) is 0 Å². The molecule has 0 fully saturated rings. The number of rotatable bonds is 9. The Bertz CT molecular complexity index is 749. The zero-order valence-electron chi connectivity index (χ0n) is 16.5. The smallest absolute Gasteiger partial charge is 0.244 e. The summed E-state index contributed by atoms with van der Waals surface area (Å²) < 4.78 is 0. The number of aliphatic imine (C=N–C) groups is 1. The molecular formula is C20H28N4O4. The lowest BCUT2D eigenvalue weighted by Gasteiger charge is -2.23. The summed E-state index contributed by atoms with van der Waals surface area (Å²) >= 11 is 0. The van der Waals surface area contributed by atoms with Crippen molar-refractivity contribution < 1.29 is 19.6 Å². The van der Waals surface area contributed by atoms with Gasteiger partial charge in [-0.05, 0) is 30.4 Å². The van der Waals surface area contributed by atoms with Crippen LogP contribution in [0.15, 0.2) is 40.6 Å². The Morgan fingerprint density at radius 3 is 2.64 bits per heavy atom. The second-order valence-corrected chi connectivity index (χ2v) is 7.37. The molecular weight excluding hydrogens is 360 g/mol. The van der Waals surface area contributed by atoms with Gasteiger partial charge in [0.25, 0.3) is 0 Å². The van der Waals surface area contributed by atoms with E-state index in [0.29, 0.717) is 12.8 Å². The van der Waals surface area contributed by atoms with Crippen molar-refractivity contribution in [3.63, 3.8) is 0 Å². The molecule has 8 heteroatoms. The molecule has 0 aromatic carbocycles. The van der Waals surface area contributed by atoms with Crippen LogP contribution in [0, 0.1) is 11.8 Å². The zero-order valence-corrected chi connectivity index (χ0v) is 16.5. The van der Waals surface area contributed by atoms with Crippen molar-refractivity contribution >= 4 is 23.4 Å². The lowest BCUT2D eigenvalue weighted by molar-refractivity contribution is -0.136. The molecule has 1 aliphatic carbocycles. The van der Waals surface area contributed by atoms with Crippen LogP contribution >= 0.6 is 0 Å². The van der Waals surface area contributed by atoms with Gasteiger partial charge < -0.3 is 10.6 Å². The van der Waals surface area contributed by atoms with Gasteiger partial charge in [-0.25, -0.2) is 5.48 Å². The van der Waals surface area contributed by atoms with Crippen LogP contribution in [0.25, 0.3) is 0 Å². The largest absolute Gasteiger partial charge is 0.357 e. The van der Waals surface area contributed by atoms with E-state index in [1.165, 1.54) is 7.05 Å². The van der Waals surface area contributed by atoms with Gasteiger partial charge >= 0.3 is 0 Å². The van der Waals surface area contributed by atoms with Gasteiger partial charge in [0.05, 0.1) is 5.71 Å². The average molecular weight is 388 g/mol. The molecule has 152 valence electrons. The van der Waals surface area contributed by atoms with E-state index < -0.39 is 17.9 Å². The van der Waals surface area contributed by atoms with E-state index in [-0.39, 0.29) is 24.2 Å². The molecule has 0 saturated heterocycles. The van der Waals surface area contributed by atoms with Gasteiger partial charge in [-0.3, -0.25) is 24.6 Å². The van der Waals surface area contributed by atoms with Gasteiger partial charge in [-0.1, -0.05) is 26.0 Å². The van der Waals surface area contributed by atoms with E-state index in [2.05, 4.69) is 15.6 Å². The number of carbonyl (C=O) groups excluding carboxylic acids is 3. The van der Waals surface area contributed by atoms with Crippen molar-refractivity contribution in [3.8, 4) is 0 Å². The van der Waals surface area contributed by atoms with E-state index in [1.54, 1.807) is 11.7 Å². The molecule has 2 atom stereocenters. The minimum atomic E-state index is -0.781. The lowest BCUT2D eigenvalue weighted by Crippen LogP contribution is -2.48. The molecule has 1 aliphatic heterocycles. The second-order valence-electron chi connectivity index (χ2n) is 7.37. The van der Waals surface area contributed by atoms with Crippen molar-refractivity contribution in [2.45, 2.75) is 45.6 Å². The van der Waals surface area contributed by atoms with Crippen molar-refractivity contribution in [1.82, 2.24) is 16.1 Å². The fourth-order valence-electron chi connectivity index (χ4n) is 3.36. The van der Waals surface area contributed by atoms with E-state index in [1.807, 2.05) is 32.1 Å². The zero-order chi connectivity index (χ0) is 20.7. The molecule has 2 unspecified atom stereocenters. The van der Waals surface area contributed by atoms with Crippen LogP contribution in [0.3, 0.4) is 0 Å². The number of carbonyl (C=O) groups is 3. The van der Waals surface area contributed by atoms with E-state index in [0.717, 1.165) is 23.3 Å². The fourth-order valence-corrected chi connectivity index (χ4v) is 3.36. The highest BCUT2D eigenvalue weighted by Crippen LogP contribution is 2.27. The maximum absolute atomic E-state index is 12.8. The van der Waals surface area contributed by atoms with E-state index >= 15 is 0 Å². The standard InChI is InChI=1S/C20H28N4O4/c1-12(2)8-13(10-18(25)24-28)19(26)23-17(20(27)21-3)9-14-11-22-16-7-5-4-6-15(14)16/h5-7,11-13,17,28H,4,8-10H2,1-3H3,(H,21,27)(H,23,26)(H,24,25). The first-order valence-electron chi connectivity index (χ1n) is 9.44. The summed E-state index contributed by atoms with van der Waals surface area (Å²) in [6.07, 6.45) is 9.15. The molecule has 2 aliphatic rings. The Hall–Kier alpha value is -2.74. The minimum absolute atomic E-state index is 0.146. The Balaban J connectivity index is 2.10. The number of likely N-dealkylation sites (N-methyl/N-ethyl adjacent to an activating group) is 1. The van der Waals surface area contributed by atoms with Crippen molar-refractivity contribution in [2.75, 3.05) is 7.05 Å². The Morgan fingerprint density at radius 2 is 2.00 bits per heavy atom. The quantitative estimate of drug-likeness (QED) is 0.352. The van der Waals surface area contributed by atoms with Gasteiger partial charge in [0.2, 0.25) is 17.7 Å². The third-order valence-electron chi connectivity index (χ3n) is 4.70. The number of hydrogen-bond acceptors (Lipinski definition) is 5. The number of hydroxylamine groups is 1. The molecule has 8 nitrogen and oxygen atoms in total. The third-order valence-corrected chi connectivity index (χ3v) is 4.70. The van der Waals surface area contributed by atoms with Crippen LogP contribution in [-0.4, -0.2) is 41.7 Å². The number of amides is 3. The van der Waals surface area contributed by atoms with Gasteiger partial charge in [0, 0.05) is 37.6 Å². The summed E-state index contributed by atoms with van der Waals surface area (Å²) in [5.41, 5.74) is 4.31. The van der Waals surface area contributed by atoms with Gasteiger partial charge in [-0.2, -0.15) is 0 Å². The van der Waals surface area contributed by atoms with Crippen molar-refractivity contribution in [3.05, 3.63) is 35.6 Å². The highest BCUT2D eigenvalue weighted by atomic mass is 16.5. The average Bonchev–Trinajstić information content (AvgIpc) is 3.08. The number of hydrogen-bond donors (Lipinski definition) is 4. The molecule has 1 heterocycles. The molecule has 2 rings (SSSR count). The summed E-state index contributed by atoms with van der Waals surface area (Å²) in [6, 6.07) is -0.781. The molecule has 0 aromatic heterocycles. The lowest BCUT2D eigenvalue weighted by atomic mass is 9.91. The van der Waals surface area contributed by atoms with Crippen LogP contribution in [0.2, 0.25) is 0 Å². The van der Waals surface area contributed by atoms with Gasteiger partial charge in [-0.15, -0.1) is 0 Å². The summed E-state index contributed by atoms with van der Waals surface area (Å²) in [6.45, 7) is 3.89. The van der Waals surface area contributed by atoms with Crippen molar-refractivity contribution in [1.29, 1.82) is 0 Å². The van der Waals surface area contributed by atoms with Crippen LogP contribution < -0.4 is 16.1 Å². The molecule has 0 spiro atoms. The first kappa shape index (κ1) is 21.6. The molecule has 4 N–H and O–H groups in total. The van der Waals surface area contributed by atoms with Crippen LogP contribution in [0.1, 0.15) is 39.5 Å². The second kappa shape index (κ2) is 9.98. The van der Waals surface area contributed by atoms with Crippen molar-refractivity contribution in [2.24, 2.45) is 16.8 Å². The fraction of sp³-hybridized carbons (Fsp3) is 0.500. The summed E-state index contributed by atoms with van der Waals surface area (Å²) in [5.74, 6) is -1.80. The van der Waals surface area contributed by atoms with Crippen LogP contribution in [0.4, 0.5) is 0 Å². The number of fused-ring (bicyclic) bond motifs is 1. The Kier molecular flexibility index (Phi) is 7.69. The molecule has 0 saturated carbocycles. The highest BCUT2D eigenvalue weighted by molar-refractivity contribution is 6.14. The predicted molar refractivity (Wildman–Crippen MR) is 105 cm³/mol. The molecule has 3 amide bonds. The topological polar surface area (TPSA) is 120 Å². The molecule has 0 aromatic rings. The maximum Gasteiger partial charge on any atom is 0.244 e. The normalized spacial score (nSPS) is 17.1. The third kappa shape index (κ3) is 5.63. The first-order valence-corrected chi connectivity index (χ1v) is 9.44. The monoisotopic (exact) mass is 388 g/mol. The minimum Gasteiger partial charge on any atom is -0.357 e. The van der Waals surface area contributed by atoms with Gasteiger partial charge in [0.1, 0.15) is 6.04 Å². The number of nitrogens with one attached hydrogen (secondary N) is 3. The van der Waals surface area contributed by atoms with E-state index in [4.69, 9.17) is 5.21 Å². The SMILES string of the molecule is CNC(=O)C(CC1=CN=C2C=CCC=C12)NC(=O)C(CC(=O)NO)CC(C)C. The Morgan fingerprint density at radius 1 is 1.25 bits per heavy atom. The summed E-state index contributed by atoms with van der Waals surface area (Å²) in [5, 5.41) is 14.1. The van der Waals surface area contributed by atoms with E-state index in [9.17, 15) is 14.4 Å².